The van der Waals surface area contributed by atoms with Gasteiger partial charge in [0, 0.05) is 11.5 Å². The first-order valence-corrected chi connectivity index (χ1v) is 12.1. The van der Waals surface area contributed by atoms with Gasteiger partial charge in [0.1, 0.15) is 12.2 Å². The van der Waals surface area contributed by atoms with Crippen LogP contribution in [0.3, 0.4) is 0 Å². The Hall–Kier alpha value is -3.88. The number of unbranched alkanes of at least 4 members (excludes halogenated alkanes) is 2. The highest BCUT2D eigenvalue weighted by atomic mass is 16.4. The van der Waals surface area contributed by atoms with Gasteiger partial charge in [0.05, 0.1) is 12.5 Å². The highest BCUT2D eigenvalue weighted by Gasteiger charge is 2.24. The highest BCUT2D eigenvalue weighted by Crippen LogP contribution is 2.31. The molecule has 9 nitrogen and oxygen atoms in total. The van der Waals surface area contributed by atoms with E-state index in [4.69, 9.17) is 0 Å². The fraction of sp³-hybridized carbons (Fsp3) is 0.385. The van der Waals surface area contributed by atoms with E-state index in [1.165, 1.54) is 0 Å². The average Bonchev–Trinajstić information content (AvgIpc) is 3.57. The Morgan fingerprint density at radius 3 is 2.54 bits per heavy atom. The molecule has 0 bridgehead atoms. The molecule has 9 heteroatoms. The Morgan fingerprint density at radius 1 is 1.09 bits per heavy atom. The van der Waals surface area contributed by atoms with Crippen molar-refractivity contribution in [3.05, 3.63) is 66.2 Å². The molecule has 4 aromatic rings. The van der Waals surface area contributed by atoms with Crippen LogP contribution in [0.15, 0.2) is 54.9 Å². The number of hydrogen-bond acceptors (Lipinski definition) is 6. The van der Waals surface area contributed by atoms with Crippen LogP contribution >= 0.6 is 0 Å². The standard InChI is InChI=1S/C26H31N7O2/c1-3-4-5-8-21(15-18(2)26(34)35)25-27-17-28-33(25)16-19-11-13-20(14-12-19)22-9-6-7-10-23(22)24-29-31-32-30-24/h6-7,9-14,17-18,21H,3-5,8,15-16H2,1-2H3,(H,34,35)(H,29,30,31,32). The third-order valence-electron chi connectivity index (χ3n) is 6.34. The number of hydrogen-bond donors (Lipinski definition) is 2. The van der Waals surface area contributed by atoms with Crippen molar-refractivity contribution in [2.45, 2.75) is 58.4 Å². The Balaban J connectivity index is 1.53. The van der Waals surface area contributed by atoms with Gasteiger partial charge in [0.2, 0.25) is 5.82 Å². The monoisotopic (exact) mass is 473 g/mol. The van der Waals surface area contributed by atoms with Crippen molar-refractivity contribution in [1.82, 2.24) is 35.4 Å². The third-order valence-corrected chi connectivity index (χ3v) is 6.34. The molecule has 2 aromatic carbocycles. The number of tetrazole rings is 1. The lowest BCUT2D eigenvalue weighted by molar-refractivity contribution is -0.141. The van der Waals surface area contributed by atoms with Gasteiger partial charge in [-0.15, -0.1) is 10.2 Å². The molecule has 182 valence electrons. The molecule has 2 aromatic heterocycles. The fourth-order valence-electron chi connectivity index (χ4n) is 4.40. The first-order chi connectivity index (χ1) is 17.1. The summed E-state index contributed by atoms with van der Waals surface area (Å²) >= 11 is 0. The van der Waals surface area contributed by atoms with Crippen LogP contribution in [0.1, 0.15) is 63.3 Å². The SMILES string of the molecule is CCCCCC(CC(C)C(=O)O)c1ncnn1Cc1ccc(-c2ccccc2-c2nn[nH]n2)cc1. The van der Waals surface area contributed by atoms with Crippen LogP contribution in [0.2, 0.25) is 0 Å². The van der Waals surface area contributed by atoms with Gasteiger partial charge in [-0.25, -0.2) is 9.67 Å². The van der Waals surface area contributed by atoms with Crippen LogP contribution in [0.4, 0.5) is 0 Å². The number of carboxylic acid groups (broad SMARTS) is 1. The van der Waals surface area contributed by atoms with Crippen molar-refractivity contribution in [1.29, 1.82) is 0 Å². The Labute approximate surface area is 204 Å². The van der Waals surface area contributed by atoms with Gasteiger partial charge in [0.15, 0.2) is 0 Å². The maximum absolute atomic E-state index is 11.5. The van der Waals surface area contributed by atoms with Gasteiger partial charge in [0.25, 0.3) is 0 Å². The van der Waals surface area contributed by atoms with E-state index in [1.807, 2.05) is 28.9 Å². The second-order valence-electron chi connectivity index (χ2n) is 8.92. The zero-order chi connectivity index (χ0) is 24.6. The summed E-state index contributed by atoms with van der Waals surface area (Å²) in [6.45, 7) is 4.51. The van der Waals surface area contributed by atoms with Crippen LogP contribution in [-0.2, 0) is 11.3 Å². The zero-order valence-corrected chi connectivity index (χ0v) is 20.1. The van der Waals surface area contributed by atoms with Crippen LogP contribution < -0.4 is 0 Å². The number of nitrogens with one attached hydrogen (secondary N) is 1. The molecule has 4 rings (SSSR count). The van der Waals surface area contributed by atoms with Crippen molar-refractivity contribution in [2.24, 2.45) is 5.92 Å². The molecule has 2 heterocycles. The summed E-state index contributed by atoms with van der Waals surface area (Å²) in [5, 5.41) is 28.4. The van der Waals surface area contributed by atoms with E-state index in [1.54, 1.807) is 13.3 Å². The molecule has 0 saturated heterocycles. The van der Waals surface area contributed by atoms with Gasteiger partial charge >= 0.3 is 5.97 Å². The smallest absolute Gasteiger partial charge is 0.306 e. The molecule has 0 aliphatic heterocycles. The third kappa shape index (κ3) is 5.98. The minimum atomic E-state index is -0.770. The van der Waals surface area contributed by atoms with Crippen molar-refractivity contribution < 1.29 is 9.90 Å². The minimum absolute atomic E-state index is 0.0660. The Kier molecular flexibility index (Phi) is 7.97. The molecule has 2 unspecified atom stereocenters. The van der Waals surface area contributed by atoms with E-state index < -0.39 is 11.9 Å². The molecule has 0 radical (unpaired) electrons. The van der Waals surface area contributed by atoms with E-state index in [0.29, 0.717) is 18.8 Å². The maximum Gasteiger partial charge on any atom is 0.306 e. The predicted octanol–water partition coefficient (Wildman–Crippen LogP) is 4.95. The molecular formula is C26H31N7O2. The van der Waals surface area contributed by atoms with Crippen LogP contribution in [0.25, 0.3) is 22.5 Å². The molecule has 0 spiro atoms. The van der Waals surface area contributed by atoms with Gasteiger partial charge in [-0.2, -0.15) is 10.3 Å². The molecule has 0 aliphatic rings. The van der Waals surface area contributed by atoms with E-state index in [2.05, 4.69) is 61.9 Å². The highest BCUT2D eigenvalue weighted by molar-refractivity contribution is 5.80. The minimum Gasteiger partial charge on any atom is -0.481 e. The Morgan fingerprint density at radius 2 is 1.86 bits per heavy atom. The number of aliphatic carboxylic acids is 1. The molecule has 35 heavy (non-hydrogen) atoms. The molecule has 0 saturated carbocycles. The van der Waals surface area contributed by atoms with Crippen molar-refractivity contribution in [2.75, 3.05) is 0 Å². The number of benzene rings is 2. The molecule has 0 amide bonds. The number of H-pyrrole nitrogens is 1. The quantitative estimate of drug-likeness (QED) is 0.279. The largest absolute Gasteiger partial charge is 0.481 e. The maximum atomic E-state index is 11.5. The molecule has 0 aliphatic carbocycles. The number of nitrogens with zero attached hydrogens (tertiary/aromatic N) is 6. The number of carbonyl (C=O) groups is 1. The second-order valence-corrected chi connectivity index (χ2v) is 8.92. The van der Waals surface area contributed by atoms with Crippen molar-refractivity contribution >= 4 is 5.97 Å². The topological polar surface area (TPSA) is 122 Å². The molecular weight excluding hydrogens is 442 g/mol. The summed E-state index contributed by atoms with van der Waals surface area (Å²) in [6, 6.07) is 16.3. The number of aromatic nitrogens is 7. The number of rotatable bonds is 12. The summed E-state index contributed by atoms with van der Waals surface area (Å²) in [5.41, 5.74) is 4.09. The molecule has 2 atom stereocenters. The van der Waals surface area contributed by atoms with Crippen LogP contribution in [0.5, 0.6) is 0 Å². The van der Waals surface area contributed by atoms with Crippen molar-refractivity contribution in [3.8, 4) is 22.5 Å². The lowest BCUT2D eigenvalue weighted by Gasteiger charge is -2.19. The first-order valence-electron chi connectivity index (χ1n) is 12.1. The molecule has 0 fully saturated rings. The van der Waals surface area contributed by atoms with E-state index >= 15 is 0 Å². The van der Waals surface area contributed by atoms with Crippen molar-refractivity contribution in [3.63, 3.8) is 0 Å². The first kappa shape index (κ1) is 24.3. The fourth-order valence-corrected chi connectivity index (χ4v) is 4.40. The second kappa shape index (κ2) is 11.5. The predicted molar refractivity (Wildman–Crippen MR) is 132 cm³/mol. The molecule has 2 N–H and O–H groups in total. The summed E-state index contributed by atoms with van der Waals surface area (Å²) in [7, 11) is 0. The summed E-state index contributed by atoms with van der Waals surface area (Å²) in [4.78, 5) is 16.0. The van der Waals surface area contributed by atoms with Gasteiger partial charge in [-0.1, -0.05) is 81.6 Å². The number of carboxylic acids is 1. The number of aromatic amines is 1. The summed E-state index contributed by atoms with van der Waals surface area (Å²) < 4.78 is 1.91. The normalized spacial score (nSPS) is 13.0. The van der Waals surface area contributed by atoms with Gasteiger partial charge in [-0.05, 0) is 34.7 Å². The Bertz CT molecular complexity index is 1220. The lowest BCUT2D eigenvalue weighted by atomic mass is 9.90. The lowest BCUT2D eigenvalue weighted by Crippen LogP contribution is -2.18. The zero-order valence-electron chi connectivity index (χ0n) is 20.1. The van der Waals surface area contributed by atoms with Gasteiger partial charge < -0.3 is 5.11 Å². The summed E-state index contributed by atoms with van der Waals surface area (Å²) in [6.07, 6.45) is 6.34. The van der Waals surface area contributed by atoms with E-state index in [-0.39, 0.29) is 5.92 Å². The van der Waals surface area contributed by atoms with Crippen LogP contribution in [-0.4, -0.2) is 46.5 Å². The van der Waals surface area contributed by atoms with E-state index in [0.717, 1.165) is 53.8 Å². The van der Waals surface area contributed by atoms with Crippen LogP contribution in [0, 0.1) is 5.92 Å². The van der Waals surface area contributed by atoms with Gasteiger partial charge in [-0.3, -0.25) is 4.79 Å². The van der Waals surface area contributed by atoms with E-state index in [9.17, 15) is 9.90 Å². The average molecular weight is 474 g/mol. The summed E-state index contributed by atoms with van der Waals surface area (Å²) in [5.74, 6) is 0.289.